The molecular weight excluding hydrogens is 334 g/mol. The molecule has 0 unspecified atom stereocenters. The monoisotopic (exact) mass is 355 g/mol. The maximum Gasteiger partial charge on any atom is 0.268 e. The minimum atomic E-state index is 0.00194. The van der Waals surface area contributed by atoms with Gasteiger partial charge in [0, 0.05) is 16.6 Å². The van der Waals surface area contributed by atoms with Crippen molar-refractivity contribution in [3.63, 3.8) is 0 Å². The summed E-state index contributed by atoms with van der Waals surface area (Å²) in [6.07, 6.45) is 8.41. The molecule has 1 fully saturated rings. The van der Waals surface area contributed by atoms with Crippen molar-refractivity contribution in [2.75, 3.05) is 13.6 Å². The number of nitrogens with one attached hydrogen (secondary N) is 2. The fourth-order valence-electron chi connectivity index (χ4n) is 4.22. The lowest BCUT2D eigenvalue weighted by Gasteiger charge is -2.31. The Hall–Kier alpha value is -1.99. The van der Waals surface area contributed by atoms with Crippen LogP contribution in [0.25, 0.3) is 20.7 Å². The van der Waals surface area contributed by atoms with Gasteiger partial charge in [0.2, 0.25) is 0 Å². The van der Waals surface area contributed by atoms with E-state index >= 15 is 0 Å². The van der Waals surface area contributed by atoms with Crippen LogP contribution in [-0.4, -0.2) is 38.7 Å². The van der Waals surface area contributed by atoms with E-state index in [0.717, 1.165) is 59.5 Å². The number of hydrogen-bond acceptors (Lipinski definition) is 5. The lowest BCUT2D eigenvalue weighted by atomic mass is 10.0. The third-order valence-corrected chi connectivity index (χ3v) is 6.80. The van der Waals surface area contributed by atoms with Crippen molar-refractivity contribution < 1.29 is 0 Å². The van der Waals surface area contributed by atoms with Gasteiger partial charge in [-0.2, -0.15) is 5.10 Å². The largest absolute Gasteiger partial charge is 0.308 e. The Morgan fingerprint density at radius 2 is 2.20 bits per heavy atom. The molecule has 0 spiro atoms. The lowest BCUT2D eigenvalue weighted by Crippen LogP contribution is -2.32. The third-order valence-electron chi connectivity index (χ3n) is 5.55. The highest BCUT2D eigenvalue weighted by Crippen LogP contribution is 2.41. The van der Waals surface area contributed by atoms with Crippen LogP contribution < -0.4 is 5.56 Å². The minimum absolute atomic E-state index is 0.00194. The van der Waals surface area contributed by atoms with Gasteiger partial charge in [-0.05, 0) is 51.3 Å². The summed E-state index contributed by atoms with van der Waals surface area (Å²) >= 11 is 1.56. The molecule has 1 aliphatic heterocycles. The van der Waals surface area contributed by atoms with Crippen molar-refractivity contribution in [2.45, 2.75) is 44.6 Å². The molecule has 0 aromatic carbocycles. The van der Waals surface area contributed by atoms with Gasteiger partial charge in [0.15, 0.2) is 0 Å². The summed E-state index contributed by atoms with van der Waals surface area (Å²) in [5, 5.41) is 7.36. The number of likely N-dealkylation sites (tertiary alicyclic amines) is 1. The summed E-state index contributed by atoms with van der Waals surface area (Å²) in [4.78, 5) is 24.3. The van der Waals surface area contributed by atoms with Crippen molar-refractivity contribution in [3.8, 4) is 10.4 Å². The molecule has 7 heteroatoms. The fourth-order valence-corrected chi connectivity index (χ4v) is 5.44. The van der Waals surface area contributed by atoms with Gasteiger partial charge in [-0.3, -0.25) is 14.8 Å². The van der Waals surface area contributed by atoms with Crippen molar-refractivity contribution in [1.29, 1.82) is 0 Å². The zero-order chi connectivity index (χ0) is 17.0. The topological polar surface area (TPSA) is 77.7 Å². The third kappa shape index (κ3) is 2.37. The molecule has 0 bridgehead atoms. The van der Waals surface area contributed by atoms with Crippen LogP contribution in [0.3, 0.4) is 0 Å². The maximum absolute atomic E-state index is 12.8. The molecule has 3 aromatic rings. The van der Waals surface area contributed by atoms with Crippen LogP contribution in [0.15, 0.2) is 11.0 Å². The molecule has 4 heterocycles. The Labute approximate surface area is 149 Å². The molecule has 2 N–H and O–H groups in total. The Kier molecular flexibility index (Phi) is 3.53. The number of nitrogens with zero attached hydrogens (tertiary/aromatic N) is 3. The van der Waals surface area contributed by atoms with Crippen LogP contribution in [0.5, 0.6) is 0 Å². The van der Waals surface area contributed by atoms with Gasteiger partial charge in [-0.15, -0.1) is 11.3 Å². The molecule has 2 aliphatic rings. The highest BCUT2D eigenvalue weighted by molar-refractivity contribution is 7.22. The van der Waals surface area contributed by atoms with Gasteiger partial charge < -0.3 is 4.98 Å². The van der Waals surface area contributed by atoms with Crippen molar-refractivity contribution >= 4 is 21.6 Å². The molecular formula is C18H21N5OS. The maximum atomic E-state index is 12.8. The molecule has 130 valence electrons. The Morgan fingerprint density at radius 1 is 1.28 bits per heavy atom. The van der Waals surface area contributed by atoms with E-state index in [1.807, 2.05) is 6.20 Å². The molecule has 25 heavy (non-hydrogen) atoms. The van der Waals surface area contributed by atoms with Crippen LogP contribution in [0.2, 0.25) is 0 Å². The molecule has 5 rings (SSSR count). The van der Waals surface area contributed by atoms with Crippen LogP contribution in [0, 0.1) is 0 Å². The first kappa shape index (κ1) is 15.3. The smallest absolute Gasteiger partial charge is 0.268 e. The predicted octanol–water partition coefficient (Wildman–Crippen LogP) is 3.02. The average Bonchev–Trinajstić information content (AvgIpc) is 3.17. The fraction of sp³-hybridized carbons (Fsp3) is 0.500. The lowest BCUT2D eigenvalue weighted by molar-refractivity contribution is 0.179. The van der Waals surface area contributed by atoms with E-state index in [4.69, 9.17) is 4.98 Å². The molecule has 0 radical (unpaired) electrons. The van der Waals surface area contributed by atoms with Crippen molar-refractivity contribution in [2.24, 2.45) is 0 Å². The van der Waals surface area contributed by atoms with Crippen LogP contribution in [0.1, 0.15) is 48.8 Å². The minimum Gasteiger partial charge on any atom is -0.308 e. The van der Waals surface area contributed by atoms with Gasteiger partial charge in [-0.1, -0.05) is 6.42 Å². The Morgan fingerprint density at radius 3 is 3.08 bits per heavy atom. The second-order valence-electron chi connectivity index (χ2n) is 7.13. The summed E-state index contributed by atoms with van der Waals surface area (Å²) in [5.74, 6) is 0.831. The number of rotatable bonds is 1. The zero-order valence-corrected chi connectivity index (χ0v) is 15.1. The summed E-state index contributed by atoms with van der Waals surface area (Å²) < 4.78 is 0.751. The van der Waals surface area contributed by atoms with Crippen LogP contribution >= 0.6 is 11.3 Å². The number of thiophene rings is 1. The second-order valence-corrected chi connectivity index (χ2v) is 8.15. The summed E-state index contributed by atoms with van der Waals surface area (Å²) in [6, 6.07) is 0.219. The van der Waals surface area contributed by atoms with E-state index in [1.54, 1.807) is 11.3 Å². The second kappa shape index (κ2) is 5.78. The van der Waals surface area contributed by atoms with Crippen LogP contribution in [0.4, 0.5) is 0 Å². The molecule has 1 saturated heterocycles. The van der Waals surface area contributed by atoms with E-state index in [2.05, 4.69) is 27.1 Å². The number of aryl methyl sites for hydroxylation is 2. The Bertz CT molecular complexity index is 1000. The number of aromatic amines is 2. The molecule has 6 nitrogen and oxygen atoms in total. The molecule has 1 atom stereocenters. The molecule has 3 aromatic heterocycles. The SMILES string of the molecule is CN1CCCC[C@@H]1c1nc2c3c(sc2c(=O)[nH]1)-c1c[nH]nc1CCC3. The normalized spacial score (nSPS) is 21.1. The number of fused-ring (bicyclic) bond motifs is 5. The highest BCUT2D eigenvalue weighted by atomic mass is 32.1. The summed E-state index contributed by atoms with van der Waals surface area (Å²) in [5.41, 5.74) is 4.39. The van der Waals surface area contributed by atoms with Crippen molar-refractivity contribution in [1.82, 2.24) is 25.1 Å². The molecule has 0 amide bonds. The van der Waals surface area contributed by atoms with Gasteiger partial charge >= 0.3 is 0 Å². The molecule has 0 saturated carbocycles. The van der Waals surface area contributed by atoms with E-state index in [0.29, 0.717) is 0 Å². The van der Waals surface area contributed by atoms with Gasteiger partial charge in [-0.25, -0.2) is 4.98 Å². The van der Waals surface area contributed by atoms with Gasteiger partial charge in [0.1, 0.15) is 10.5 Å². The first-order chi connectivity index (χ1) is 12.2. The van der Waals surface area contributed by atoms with E-state index in [9.17, 15) is 4.79 Å². The van der Waals surface area contributed by atoms with E-state index in [1.165, 1.54) is 23.3 Å². The van der Waals surface area contributed by atoms with E-state index in [-0.39, 0.29) is 11.6 Å². The predicted molar refractivity (Wildman–Crippen MR) is 99.1 cm³/mol. The molecule has 1 aliphatic carbocycles. The average molecular weight is 355 g/mol. The first-order valence-electron chi connectivity index (χ1n) is 9.01. The number of H-pyrrole nitrogens is 2. The van der Waals surface area contributed by atoms with Crippen molar-refractivity contribution in [3.05, 3.63) is 33.6 Å². The quantitative estimate of drug-likeness (QED) is 0.703. The van der Waals surface area contributed by atoms with Gasteiger partial charge in [0.25, 0.3) is 5.56 Å². The van der Waals surface area contributed by atoms with E-state index < -0.39 is 0 Å². The number of aromatic nitrogens is 4. The Balaban J connectivity index is 1.71. The van der Waals surface area contributed by atoms with Crippen LogP contribution in [-0.2, 0) is 12.8 Å². The van der Waals surface area contributed by atoms with Gasteiger partial charge in [0.05, 0.1) is 17.3 Å². The number of hydrogen-bond donors (Lipinski definition) is 2. The summed E-state index contributed by atoms with van der Waals surface area (Å²) in [7, 11) is 2.12. The highest BCUT2D eigenvalue weighted by Gasteiger charge is 2.27. The summed E-state index contributed by atoms with van der Waals surface area (Å²) in [6.45, 7) is 1.06. The standard InChI is InChI=1S/C18H21N5OS/c1-23-8-3-2-7-13(23)17-20-14-10-5-4-6-12-11(9-19-22-12)15(10)25-16(14)18(24)21-17/h9,13H,2-8H2,1H3,(H,19,22)(H,20,21,24)/t13-/m1/s1. The number of piperidine rings is 1. The zero-order valence-electron chi connectivity index (χ0n) is 14.3. The first-order valence-corrected chi connectivity index (χ1v) is 9.83.